The maximum atomic E-state index is 14.0. The normalized spacial score (nSPS) is 14.4. The zero-order valence-corrected chi connectivity index (χ0v) is 15.7. The van der Waals surface area contributed by atoms with Gasteiger partial charge in [-0.25, -0.2) is 18.0 Å². The molecule has 8 heteroatoms. The third-order valence-corrected chi connectivity index (χ3v) is 4.41. The molecule has 0 saturated carbocycles. The van der Waals surface area contributed by atoms with Crippen LogP contribution in [0.4, 0.5) is 29.3 Å². The van der Waals surface area contributed by atoms with E-state index in [1.807, 2.05) is 19.9 Å². The van der Waals surface area contributed by atoms with Gasteiger partial charge in [-0.05, 0) is 38.1 Å². The van der Waals surface area contributed by atoms with E-state index in [1.54, 1.807) is 28.0 Å². The van der Waals surface area contributed by atoms with Gasteiger partial charge in [0.1, 0.15) is 5.75 Å². The molecule has 0 unspecified atom stereocenters. The summed E-state index contributed by atoms with van der Waals surface area (Å²) in [5.41, 5.74) is 0.560. The fraction of sp³-hybridized carbons (Fsp3) is 0.350. The van der Waals surface area contributed by atoms with Crippen LogP contribution in [0, 0.1) is 17.5 Å². The van der Waals surface area contributed by atoms with Gasteiger partial charge in [-0.2, -0.15) is 0 Å². The van der Waals surface area contributed by atoms with Crippen molar-refractivity contribution in [1.29, 1.82) is 0 Å². The summed E-state index contributed by atoms with van der Waals surface area (Å²) in [6, 6.07) is 8.96. The van der Waals surface area contributed by atoms with Crippen LogP contribution in [0.2, 0.25) is 0 Å². The van der Waals surface area contributed by atoms with E-state index in [2.05, 4.69) is 5.32 Å². The van der Waals surface area contributed by atoms with Gasteiger partial charge in [-0.1, -0.05) is 12.1 Å². The summed E-state index contributed by atoms with van der Waals surface area (Å²) in [6.45, 7) is 5.04. The van der Waals surface area contributed by atoms with E-state index in [9.17, 15) is 18.0 Å². The monoisotopic (exact) mass is 393 g/mol. The Labute approximate surface area is 161 Å². The molecule has 5 nitrogen and oxygen atoms in total. The van der Waals surface area contributed by atoms with Crippen LogP contribution in [-0.4, -0.2) is 43.2 Å². The molecule has 0 aromatic heterocycles. The van der Waals surface area contributed by atoms with Gasteiger partial charge >= 0.3 is 6.03 Å². The molecule has 2 amide bonds. The van der Waals surface area contributed by atoms with Crippen LogP contribution in [-0.2, 0) is 0 Å². The van der Waals surface area contributed by atoms with E-state index >= 15 is 0 Å². The Morgan fingerprint density at radius 3 is 2.36 bits per heavy atom. The molecule has 2 aromatic carbocycles. The first-order valence-electron chi connectivity index (χ1n) is 9.07. The summed E-state index contributed by atoms with van der Waals surface area (Å²) in [5.74, 6) is -3.34. The lowest BCUT2D eigenvalue weighted by atomic mass is 10.2. The predicted molar refractivity (Wildman–Crippen MR) is 101 cm³/mol. The fourth-order valence-corrected chi connectivity index (χ4v) is 3.03. The highest BCUT2D eigenvalue weighted by atomic mass is 19.2. The maximum Gasteiger partial charge on any atom is 0.322 e. The van der Waals surface area contributed by atoms with Gasteiger partial charge in [-0.3, -0.25) is 0 Å². The first-order chi connectivity index (χ1) is 13.4. The van der Waals surface area contributed by atoms with Crippen molar-refractivity contribution in [2.75, 3.05) is 36.4 Å². The number of halogens is 3. The Morgan fingerprint density at radius 1 is 1.00 bits per heavy atom. The van der Waals surface area contributed by atoms with Gasteiger partial charge in [0.05, 0.1) is 17.5 Å². The quantitative estimate of drug-likeness (QED) is 0.790. The van der Waals surface area contributed by atoms with Gasteiger partial charge in [0.15, 0.2) is 17.5 Å². The Kier molecular flexibility index (Phi) is 5.96. The summed E-state index contributed by atoms with van der Waals surface area (Å²) in [6.07, 6.45) is -0.0346. The molecule has 0 atom stereocenters. The molecule has 2 aromatic rings. The van der Waals surface area contributed by atoms with Crippen molar-refractivity contribution >= 4 is 17.4 Å². The second-order valence-corrected chi connectivity index (χ2v) is 6.76. The van der Waals surface area contributed by atoms with Crippen molar-refractivity contribution in [2.45, 2.75) is 20.0 Å². The minimum atomic E-state index is -1.49. The highest BCUT2D eigenvalue weighted by Gasteiger charge is 2.25. The fourth-order valence-electron chi connectivity index (χ4n) is 3.03. The molecule has 1 aliphatic rings. The molecule has 0 spiro atoms. The summed E-state index contributed by atoms with van der Waals surface area (Å²) >= 11 is 0. The molecule has 0 aliphatic carbocycles. The molecule has 1 heterocycles. The van der Waals surface area contributed by atoms with Crippen LogP contribution < -0.4 is 15.0 Å². The van der Waals surface area contributed by atoms with Crippen molar-refractivity contribution in [3.63, 3.8) is 0 Å². The Morgan fingerprint density at radius 2 is 1.68 bits per heavy atom. The van der Waals surface area contributed by atoms with E-state index < -0.39 is 17.5 Å². The second kappa shape index (κ2) is 8.41. The number of urea groups is 1. The molecule has 28 heavy (non-hydrogen) atoms. The van der Waals surface area contributed by atoms with Crippen LogP contribution in [0.1, 0.15) is 13.8 Å². The van der Waals surface area contributed by atoms with E-state index in [0.717, 1.165) is 6.07 Å². The van der Waals surface area contributed by atoms with Crippen molar-refractivity contribution in [1.82, 2.24) is 4.90 Å². The number of nitrogens with one attached hydrogen (secondary N) is 1. The number of piperazine rings is 1. The Balaban J connectivity index is 1.63. The predicted octanol–water partition coefficient (Wildman–Crippen LogP) is 4.25. The molecular formula is C20H22F3N3O2. The number of amides is 2. The second-order valence-electron chi connectivity index (χ2n) is 6.76. The minimum absolute atomic E-state index is 0.00497. The van der Waals surface area contributed by atoms with Crippen molar-refractivity contribution in [2.24, 2.45) is 0 Å². The van der Waals surface area contributed by atoms with Gasteiger partial charge in [0, 0.05) is 26.2 Å². The highest BCUT2D eigenvalue weighted by Crippen LogP contribution is 2.27. The lowest BCUT2D eigenvalue weighted by Gasteiger charge is -2.36. The number of para-hydroxylation sites is 2. The molecule has 0 bridgehead atoms. The largest absolute Gasteiger partial charge is 0.489 e. The van der Waals surface area contributed by atoms with Crippen LogP contribution in [0.5, 0.6) is 5.75 Å². The van der Waals surface area contributed by atoms with Crippen LogP contribution >= 0.6 is 0 Å². The topological polar surface area (TPSA) is 44.8 Å². The molecule has 1 fully saturated rings. The number of benzene rings is 2. The van der Waals surface area contributed by atoms with E-state index in [-0.39, 0.29) is 17.8 Å². The smallest absolute Gasteiger partial charge is 0.322 e. The van der Waals surface area contributed by atoms with E-state index in [4.69, 9.17) is 4.74 Å². The maximum absolute atomic E-state index is 14.0. The number of hydrogen-bond acceptors (Lipinski definition) is 3. The highest BCUT2D eigenvalue weighted by molar-refractivity contribution is 5.91. The number of anilines is 2. The molecule has 3 rings (SSSR count). The molecule has 1 N–H and O–H groups in total. The summed E-state index contributed by atoms with van der Waals surface area (Å²) in [7, 11) is 0. The first-order valence-corrected chi connectivity index (χ1v) is 9.07. The van der Waals surface area contributed by atoms with Crippen molar-refractivity contribution in [3.05, 3.63) is 53.8 Å². The average Bonchev–Trinajstić information content (AvgIpc) is 2.67. The average molecular weight is 393 g/mol. The number of carbonyl (C=O) groups is 1. The number of hydrogen-bond donors (Lipinski definition) is 1. The third kappa shape index (κ3) is 4.32. The number of carbonyl (C=O) groups excluding carboxylic acids is 1. The van der Waals surface area contributed by atoms with E-state index in [1.165, 1.54) is 6.07 Å². The molecule has 150 valence electrons. The van der Waals surface area contributed by atoms with Gasteiger partial charge in [0.25, 0.3) is 0 Å². The van der Waals surface area contributed by atoms with Crippen LogP contribution in [0.3, 0.4) is 0 Å². The number of rotatable bonds is 4. The Hall–Kier alpha value is -2.90. The lowest BCUT2D eigenvalue weighted by molar-refractivity contribution is 0.207. The zero-order chi connectivity index (χ0) is 20.3. The first kappa shape index (κ1) is 19.9. The van der Waals surface area contributed by atoms with Crippen LogP contribution in [0.25, 0.3) is 0 Å². The number of ether oxygens (including phenoxy) is 1. The molecule has 1 aliphatic heterocycles. The molecule has 0 radical (unpaired) electrons. The summed E-state index contributed by atoms with van der Waals surface area (Å²) < 4.78 is 46.2. The minimum Gasteiger partial charge on any atom is -0.489 e. The van der Waals surface area contributed by atoms with E-state index in [0.29, 0.717) is 37.6 Å². The number of nitrogens with zero attached hydrogens (tertiary/aromatic N) is 2. The Bertz CT molecular complexity index is 853. The standard InChI is InChI=1S/C20H22F3N3O2/c1-13(2)28-17-6-4-3-5-15(17)24-20(27)26-11-9-25(10-12-26)16-8-7-14(21)18(22)19(16)23/h3-8,13H,9-12H2,1-2H3,(H,24,27). The molecule has 1 saturated heterocycles. The van der Waals surface area contributed by atoms with Crippen molar-refractivity contribution < 1.29 is 22.7 Å². The van der Waals surface area contributed by atoms with Gasteiger partial charge in [-0.15, -0.1) is 0 Å². The van der Waals surface area contributed by atoms with Gasteiger partial charge < -0.3 is 19.9 Å². The van der Waals surface area contributed by atoms with Crippen LogP contribution in [0.15, 0.2) is 36.4 Å². The SMILES string of the molecule is CC(C)Oc1ccccc1NC(=O)N1CCN(c2ccc(F)c(F)c2F)CC1. The van der Waals surface area contributed by atoms with Crippen molar-refractivity contribution in [3.8, 4) is 5.75 Å². The summed E-state index contributed by atoms with van der Waals surface area (Å²) in [4.78, 5) is 15.7. The van der Waals surface area contributed by atoms with Gasteiger partial charge in [0.2, 0.25) is 0 Å². The summed E-state index contributed by atoms with van der Waals surface area (Å²) in [5, 5.41) is 2.83. The zero-order valence-electron chi connectivity index (χ0n) is 15.7. The molecular weight excluding hydrogens is 371 g/mol. The lowest BCUT2D eigenvalue weighted by Crippen LogP contribution is -2.50. The third-order valence-electron chi connectivity index (χ3n) is 4.41.